The predicted molar refractivity (Wildman–Crippen MR) is 108 cm³/mol. The van der Waals surface area contributed by atoms with Crippen molar-refractivity contribution in [1.29, 1.82) is 0 Å². The smallest absolute Gasteiger partial charge is 0.255 e. The van der Waals surface area contributed by atoms with Gasteiger partial charge in [-0.1, -0.05) is 23.4 Å². The summed E-state index contributed by atoms with van der Waals surface area (Å²) in [4.78, 5) is 22.3. The van der Waals surface area contributed by atoms with Crippen LogP contribution in [0.3, 0.4) is 0 Å². The van der Waals surface area contributed by atoms with Crippen LogP contribution in [0, 0.1) is 3.57 Å². The molecule has 1 saturated heterocycles. The molecule has 4 rings (SSSR count). The van der Waals surface area contributed by atoms with Crippen LogP contribution in [-0.4, -0.2) is 52.0 Å². The van der Waals surface area contributed by atoms with Crippen molar-refractivity contribution in [3.05, 3.63) is 56.8 Å². The molecule has 3 heterocycles. The van der Waals surface area contributed by atoms with Crippen LogP contribution < -0.4 is 0 Å². The van der Waals surface area contributed by atoms with Gasteiger partial charge < -0.3 is 9.42 Å². The molecule has 0 aliphatic carbocycles. The van der Waals surface area contributed by atoms with Gasteiger partial charge in [-0.05, 0) is 46.2 Å². The van der Waals surface area contributed by atoms with E-state index in [1.807, 2.05) is 46.7 Å². The minimum atomic E-state index is 0.104. The standard InChI is InChI=1S/C18H17IN4O2S/c19-14-5-2-1-4-13(14)18(24)23-9-7-22(8-10-23)12-16-20-17(21-25-16)15-6-3-11-26-15/h1-6,11H,7-10,12H2. The number of amides is 1. The van der Waals surface area contributed by atoms with E-state index in [1.165, 1.54) is 0 Å². The molecule has 0 radical (unpaired) electrons. The lowest BCUT2D eigenvalue weighted by atomic mass is 10.2. The maximum absolute atomic E-state index is 12.7. The molecular weight excluding hydrogens is 463 g/mol. The zero-order chi connectivity index (χ0) is 17.9. The number of carbonyl (C=O) groups excluding carboxylic acids is 1. The minimum absolute atomic E-state index is 0.104. The number of piperazine rings is 1. The second-order valence-electron chi connectivity index (χ2n) is 6.04. The summed E-state index contributed by atoms with van der Waals surface area (Å²) in [5.74, 6) is 1.36. The molecule has 134 valence electrons. The molecule has 0 atom stereocenters. The van der Waals surface area contributed by atoms with Gasteiger partial charge >= 0.3 is 0 Å². The predicted octanol–water partition coefficient (Wildman–Crippen LogP) is 3.36. The largest absolute Gasteiger partial charge is 0.338 e. The van der Waals surface area contributed by atoms with E-state index >= 15 is 0 Å². The third-order valence-corrected chi connectivity index (χ3v) is 6.14. The Bertz CT molecular complexity index is 888. The third kappa shape index (κ3) is 3.81. The second-order valence-corrected chi connectivity index (χ2v) is 8.15. The molecule has 1 aromatic carbocycles. The van der Waals surface area contributed by atoms with Crippen LogP contribution in [-0.2, 0) is 6.54 Å². The Morgan fingerprint density at radius 2 is 1.96 bits per heavy atom. The first-order valence-corrected chi connectivity index (χ1v) is 10.3. The van der Waals surface area contributed by atoms with Gasteiger partial charge in [0.25, 0.3) is 5.91 Å². The van der Waals surface area contributed by atoms with E-state index in [2.05, 4.69) is 37.6 Å². The summed E-state index contributed by atoms with van der Waals surface area (Å²) in [6, 6.07) is 11.7. The molecule has 1 aliphatic heterocycles. The lowest BCUT2D eigenvalue weighted by Gasteiger charge is -2.34. The van der Waals surface area contributed by atoms with E-state index in [0.29, 0.717) is 31.3 Å². The number of rotatable bonds is 4. The lowest BCUT2D eigenvalue weighted by molar-refractivity contribution is 0.0614. The van der Waals surface area contributed by atoms with E-state index in [-0.39, 0.29) is 5.91 Å². The van der Waals surface area contributed by atoms with Gasteiger partial charge in [0, 0.05) is 29.7 Å². The Morgan fingerprint density at radius 1 is 1.15 bits per heavy atom. The molecule has 0 saturated carbocycles. The van der Waals surface area contributed by atoms with Crippen LogP contribution >= 0.6 is 33.9 Å². The van der Waals surface area contributed by atoms with Gasteiger partial charge in [-0.3, -0.25) is 9.69 Å². The minimum Gasteiger partial charge on any atom is -0.338 e. The number of carbonyl (C=O) groups is 1. The summed E-state index contributed by atoms with van der Waals surface area (Å²) in [5.41, 5.74) is 0.777. The molecule has 0 N–H and O–H groups in total. The van der Waals surface area contributed by atoms with Gasteiger partial charge in [0.15, 0.2) is 0 Å². The average molecular weight is 480 g/mol. The van der Waals surface area contributed by atoms with Crippen molar-refractivity contribution >= 4 is 39.8 Å². The maximum atomic E-state index is 12.7. The molecule has 0 spiro atoms. The number of halogens is 1. The third-order valence-electron chi connectivity index (χ3n) is 4.33. The fraction of sp³-hybridized carbons (Fsp3) is 0.278. The summed E-state index contributed by atoms with van der Waals surface area (Å²) in [5, 5.41) is 6.04. The van der Waals surface area contributed by atoms with Crippen molar-refractivity contribution in [2.75, 3.05) is 26.2 Å². The van der Waals surface area contributed by atoms with Crippen molar-refractivity contribution in [2.45, 2.75) is 6.54 Å². The summed E-state index contributed by atoms with van der Waals surface area (Å²) < 4.78 is 6.36. The monoisotopic (exact) mass is 480 g/mol. The van der Waals surface area contributed by atoms with Crippen molar-refractivity contribution in [3.63, 3.8) is 0 Å². The number of benzene rings is 1. The molecule has 8 heteroatoms. The van der Waals surface area contributed by atoms with E-state index in [0.717, 1.165) is 27.1 Å². The second kappa shape index (κ2) is 7.85. The summed E-state index contributed by atoms with van der Waals surface area (Å²) in [7, 11) is 0. The zero-order valence-electron chi connectivity index (χ0n) is 14.0. The van der Waals surface area contributed by atoms with Crippen molar-refractivity contribution in [3.8, 4) is 10.7 Å². The maximum Gasteiger partial charge on any atom is 0.255 e. The molecule has 1 aliphatic rings. The highest BCUT2D eigenvalue weighted by Gasteiger charge is 2.24. The van der Waals surface area contributed by atoms with E-state index in [1.54, 1.807) is 11.3 Å². The van der Waals surface area contributed by atoms with E-state index in [9.17, 15) is 4.79 Å². The van der Waals surface area contributed by atoms with Crippen LogP contribution in [0.2, 0.25) is 0 Å². The SMILES string of the molecule is O=C(c1ccccc1I)N1CCN(Cc2nc(-c3cccs3)no2)CC1. The molecule has 1 amide bonds. The fourth-order valence-corrected chi connectivity index (χ4v) is 4.20. The van der Waals surface area contributed by atoms with Gasteiger partial charge in [-0.25, -0.2) is 0 Å². The highest BCUT2D eigenvalue weighted by Crippen LogP contribution is 2.22. The lowest BCUT2D eigenvalue weighted by Crippen LogP contribution is -2.48. The van der Waals surface area contributed by atoms with Gasteiger partial charge in [-0.2, -0.15) is 4.98 Å². The fourth-order valence-electron chi connectivity index (χ4n) is 2.93. The van der Waals surface area contributed by atoms with Gasteiger partial charge in [-0.15, -0.1) is 11.3 Å². The van der Waals surface area contributed by atoms with Crippen LogP contribution in [0.1, 0.15) is 16.2 Å². The number of nitrogens with zero attached hydrogens (tertiary/aromatic N) is 4. The number of hydrogen-bond acceptors (Lipinski definition) is 6. The highest BCUT2D eigenvalue weighted by molar-refractivity contribution is 14.1. The van der Waals surface area contributed by atoms with Crippen molar-refractivity contribution in [2.24, 2.45) is 0 Å². The quantitative estimate of drug-likeness (QED) is 0.536. The molecule has 0 bridgehead atoms. The normalized spacial score (nSPS) is 15.3. The molecule has 3 aromatic rings. The van der Waals surface area contributed by atoms with Crippen LogP contribution in [0.5, 0.6) is 0 Å². The van der Waals surface area contributed by atoms with Crippen LogP contribution in [0.4, 0.5) is 0 Å². The Labute approximate surface area is 168 Å². The molecule has 2 aromatic heterocycles. The number of thiophene rings is 1. The first-order chi connectivity index (χ1) is 12.7. The average Bonchev–Trinajstić information content (AvgIpc) is 3.34. The van der Waals surface area contributed by atoms with E-state index < -0.39 is 0 Å². The summed E-state index contributed by atoms with van der Waals surface area (Å²) in [6.45, 7) is 3.62. The van der Waals surface area contributed by atoms with Crippen molar-refractivity contribution in [1.82, 2.24) is 19.9 Å². The Balaban J connectivity index is 1.34. The highest BCUT2D eigenvalue weighted by atomic mass is 127. The van der Waals surface area contributed by atoms with Crippen LogP contribution in [0.25, 0.3) is 10.7 Å². The van der Waals surface area contributed by atoms with E-state index in [4.69, 9.17) is 4.52 Å². The number of aromatic nitrogens is 2. The summed E-state index contributed by atoms with van der Waals surface area (Å²) in [6.07, 6.45) is 0. The van der Waals surface area contributed by atoms with Gasteiger partial charge in [0.1, 0.15) is 0 Å². The Morgan fingerprint density at radius 3 is 2.69 bits per heavy atom. The van der Waals surface area contributed by atoms with Crippen molar-refractivity contribution < 1.29 is 9.32 Å². The topological polar surface area (TPSA) is 62.5 Å². The Hall–Kier alpha value is -1.78. The molecule has 1 fully saturated rings. The first-order valence-electron chi connectivity index (χ1n) is 8.33. The first kappa shape index (κ1) is 17.6. The summed E-state index contributed by atoms with van der Waals surface area (Å²) >= 11 is 3.81. The van der Waals surface area contributed by atoms with Gasteiger partial charge in [0.05, 0.1) is 17.0 Å². The molecule has 0 unspecified atom stereocenters. The molecule has 6 nitrogen and oxygen atoms in total. The van der Waals surface area contributed by atoms with Crippen LogP contribution in [0.15, 0.2) is 46.3 Å². The zero-order valence-corrected chi connectivity index (χ0v) is 16.9. The molecular formula is C18H17IN4O2S. The van der Waals surface area contributed by atoms with Gasteiger partial charge in [0.2, 0.25) is 11.7 Å². The number of hydrogen-bond donors (Lipinski definition) is 0. The Kier molecular flexibility index (Phi) is 5.32. The molecule has 26 heavy (non-hydrogen) atoms.